The molecular weight excluding hydrogens is 421 g/mol. The van der Waals surface area contributed by atoms with Crippen LogP contribution < -0.4 is 5.73 Å². The highest BCUT2D eigenvalue weighted by molar-refractivity contribution is 14.1. The van der Waals surface area contributed by atoms with Gasteiger partial charge in [-0.2, -0.15) is 5.10 Å². The van der Waals surface area contributed by atoms with Gasteiger partial charge in [0.1, 0.15) is 15.8 Å². The van der Waals surface area contributed by atoms with Crippen LogP contribution in [0.15, 0.2) is 19.0 Å². The fourth-order valence-electron chi connectivity index (χ4n) is 2.84. The second-order valence-electron chi connectivity index (χ2n) is 5.18. The predicted octanol–water partition coefficient (Wildman–Crippen LogP) is 1.61. The Kier molecular flexibility index (Phi) is 4.17. The first kappa shape index (κ1) is 16.0. The molecule has 2 atom stereocenters. The van der Waals surface area contributed by atoms with Crippen LogP contribution in [-0.4, -0.2) is 49.6 Å². The van der Waals surface area contributed by atoms with Gasteiger partial charge in [-0.15, -0.1) is 0 Å². The highest BCUT2D eigenvalue weighted by Crippen LogP contribution is 2.34. The number of nitrogens with zero attached hydrogens (tertiary/aromatic N) is 5. The number of likely N-dealkylation sites (tertiary alicyclic amines) is 1. The zero-order valence-electron chi connectivity index (χ0n) is 11.9. The first-order chi connectivity index (χ1) is 10.9. The van der Waals surface area contributed by atoms with Crippen molar-refractivity contribution in [2.24, 2.45) is 0 Å². The number of carbonyl (C=O) groups excluding carboxylic acids is 1. The number of nitrogen functional groups attached to an aromatic ring is 1. The molecule has 1 fully saturated rings. The Morgan fingerprint density at radius 2 is 2.26 bits per heavy atom. The smallest absolute Gasteiger partial charge is 0.258 e. The summed E-state index contributed by atoms with van der Waals surface area (Å²) < 4.78 is 28.7. The number of hydrogen-bond acceptors (Lipinski definition) is 5. The molecule has 1 saturated heterocycles. The van der Waals surface area contributed by atoms with Crippen LogP contribution in [0.25, 0.3) is 11.0 Å². The minimum absolute atomic E-state index is 0.0913. The largest absolute Gasteiger partial charge is 0.383 e. The first-order valence-electron chi connectivity index (χ1n) is 6.79. The molecule has 1 aliphatic rings. The molecule has 2 N–H and O–H groups in total. The monoisotopic (exact) mass is 434 g/mol. The molecule has 0 spiro atoms. The summed E-state index contributed by atoms with van der Waals surface area (Å²) in [4.78, 5) is 21.0. The van der Waals surface area contributed by atoms with Crippen molar-refractivity contribution in [2.75, 3.05) is 12.3 Å². The number of nitrogens with two attached hydrogens (primary N) is 1. The lowest BCUT2D eigenvalue weighted by Crippen LogP contribution is -2.38. The Morgan fingerprint density at radius 3 is 2.91 bits per heavy atom. The minimum atomic E-state index is -2.63. The number of carbonyl (C=O) groups is 1. The van der Waals surface area contributed by atoms with E-state index in [9.17, 15) is 13.6 Å². The van der Waals surface area contributed by atoms with Gasteiger partial charge in [0.2, 0.25) is 5.91 Å². The van der Waals surface area contributed by atoms with Gasteiger partial charge in [-0.3, -0.25) is 4.79 Å². The van der Waals surface area contributed by atoms with Gasteiger partial charge in [-0.25, -0.2) is 23.4 Å². The summed E-state index contributed by atoms with van der Waals surface area (Å²) >= 11 is 2.00. The van der Waals surface area contributed by atoms with Crippen molar-refractivity contribution in [2.45, 2.75) is 24.9 Å². The predicted molar refractivity (Wildman–Crippen MR) is 87.8 cm³/mol. The van der Waals surface area contributed by atoms with E-state index in [2.05, 4.69) is 21.6 Å². The SMILES string of the molecule is C=CC(=O)N1C[C@@H](n2nc(I)c3c(N)ncnc32)C[C@@H]1C(F)F. The van der Waals surface area contributed by atoms with Gasteiger partial charge in [-0.05, 0) is 35.1 Å². The van der Waals surface area contributed by atoms with E-state index in [1.165, 1.54) is 6.33 Å². The van der Waals surface area contributed by atoms with Crippen molar-refractivity contribution in [1.82, 2.24) is 24.6 Å². The standard InChI is InChI=1S/C13H13F2IN6O/c1-2-8(23)21-4-6(3-7(21)10(14)15)22-13-9(11(16)20-22)12(17)18-5-19-13/h2,5-7,10H,1,3-4H2,(H2,17,18,19)/t6-,7+/m0/s1. The number of hydrogen-bond donors (Lipinski definition) is 1. The van der Waals surface area contributed by atoms with E-state index in [1.54, 1.807) is 4.68 Å². The molecule has 3 rings (SSSR count). The van der Waals surface area contributed by atoms with E-state index in [-0.39, 0.29) is 18.8 Å². The molecule has 2 aromatic rings. The van der Waals surface area contributed by atoms with E-state index in [0.717, 1.165) is 11.0 Å². The van der Waals surface area contributed by atoms with Crippen LogP contribution in [0.5, 0.6) is 0 Å². The van der Waals surface area contributed by atoms with Gasteiger partial charge in [0, 0.05) is 6.54 Å². The maximum absolute atomic E-state index is 13.3. The summed E-state index contributed by atoms with van der Waals surface area (Å²) in [5.74, 6) is -0.230. The molecule has 2 aromatic heterocycles. The van der Waals surface area contributed by atoms with Crippen molar-refractivity contribution in [3.05, 3.63) is 22.7 Å². The van der Waals surface area contributed by atoms with Gasteiger partial charge in [0.25, 0.3) is 6.43 Å². The fraction of sp³-hybridized carbons (Fsp3) is 0.385. The Balaban J connectivity index is 2.02. The van der Waals surface area contributed by atoms with E-state index >= 15 is 0 Å². The van der Waals surface area contributed by atoms with Crippen LogP contribution in [0, 0.1) is 3.70 Å². The molecule has 3 heterocycles. The lowest BCUT2D eigenvalue weighted by Gasteiger charge is -2.21. The second kappa shape index (κ2) is 5.98. The van der Waals surface area contributed by atoms with Gasteiger partial charge in [-0.1, -0.05) is 6.58 Å². The number of alkyl halides is 2. The van der Waals surface area contributed by atoms with Crippen LogP contribution >= 0.6 is 22.6 Å². The van der Waals surface area contributed by atoms with Crippen molar-refractivity contribution in [3.63, 3.8) is 0 Å². The Bertz CT molecular complexity index is 779. The van der Waals surface area contributed by atoms with Gasteiger partial charge in [0.05, 0.1) is 17.5 Å². The third kappa shape index (κ3) is 2.64. The molecule has 122 valence electrons. The molecular formula is C13H13F2IN6O. The molecule has 23 heavy (non-hydrogen) atoms. The molecule has 0 bridgehead atoms. The highest BCUT2D eigenvalue weighted by atomic mass is 127. The summed E-state index contributed by atoms with van der Waals surface area (Å²) in [5.41, 5.74) is 6.31. The average Bonchev–Trinajstić information content (AvgIpc) is 3.09. The number of anilines is 1. The van der Waals surface area contributed by atoms with E-state index in [4.69, 9.17) is 5.73 Å². The zero-order valence-corrected chi connectivity index (χ0v) is 14.0. The quantitative estimate of drug-likeness (QED) is 0.586. The van der Waals surface area contributed by atoms with Crippen LogP contribution in [0.1, 0.15) is 12.5 Å². The lowest BCUT2D eigenvalue weighted by molar-refractivity contribution is -0.129. The summed E-state index contributed by atoms with van der Waals surface area (Å²) in [6.45, 7) is 3.49. The minimum Gasteiger partial charge on any atom is -0.383 e. The van der Waals surface area contributed by atoms with Crippen molar-refractivity contribution in [3.8, 4) is 0 Å². The highest BCUT2D eigenvalue weighted by Gasteiger charge is 2.41. The number of halogens is 3. The lowest BCUT2D eigenvalue weighted by atomic mass is 10.2. The molecule has 0 saturated carbocycles. The maximum Gasteiger partial charge on any atom is 0.258 e. The van der Waals surface area contributed by atoms with Crippen molar-refractivity contribution in [1.29, 1.82) is 0 Å². The Morgan fingerprint density at radius 1 is 1.52 bits per heavy atom. The third-order valence-electron chi connectivity index (χ3n) is 3.89. The Hall–Kier alpha value is -1.85. The molecule has 0 unspecified atom stereocenters. The molecule has 10 heteroatoms. The topological polar surface area (TPSA) is 89.9 Å². The van der Waals surface area contributed by atoms with Crippen molar-refractivity contribution < 1.29 is 13.6 Å². The number of fused-ring (bicyclic) bond motifs is 1. The zero-order chi connectivity index (χ0) is 16.7. The molecule has 0 aliphatic carbocycles. The van der Waals surface area contributed by atoms with E-state index < -0.39 is 24.4 Å². The third-order valence-corrected chi connectivity index (χ3v) is 4.65. The number of rotatable bonds is 3. The van der Waals surface area contributed by atoms with Gasteiger partial charge >= 0.3 is 0 Å². The molecule has 0 aromatic carbocycles. The van der Waals surface area contributed by atoms with Crippen LogP contribution in [-0.2, 0) is 4.79 Å². The van der Waals surface area contributed by atoms with Crippen LogP contribution in [0.3, 0.4) is 0 Å². The summed E-state index contributed by atoms with van der Waals surface area (Å²) in [5, 5.41) is 4.95. The summed E-state index contributed by atoms with van der Waals surface area (Å²) in [6, 6.07) is -1.57. The van der Waals surface area contributed by atoms with E-state index in [0.29, 0.717) is 14.7 Å². The fourth-order valence-corrected chi connectivity index (χ4v) is 3.59. The van der Waals surface area contributed by atoms with Crippen LogP contribution in [0.2, 0.25) is 0 Å². The Labute approximate surface area is 143 Å². The maximum atomic E-state index is 13.3. The van der Waals surface area contributed by atoms with Gasteiger partial charge < -0.3 is 10.6 Å². The molecule has 0 radical (unpaired) electrons. The average molecular weight is 434 g/mol. The normalized spacial score (nSPS) is 21.3. The summed E-state index contributed by atoms with van der Waals surface area (Å²) in [6.07, 6.45) is -0.195. The van der Waals surface area contributed by atoms with Crippen LogP contribution in [0.4, 0.5) is 14.6 Å². The molecule has 7 nitrogen and oxygen atoms in total. The number of amides is 1. The van der Waals surface area contributed by atoms with Gasteiger partial charge in [0.15, 0.2) is 5.65 Å². The molecule has 1 amide bonds. The molecule has 1 aliphatic heterocycles. The summed E-state index contributed by atoms with van der Waals surface area (Å²) in [7, 11) is 0. The first-order valence-corrected chi connectivity index (χ1v) is 7.87. The van der Waals surface area contributed by atoms with Crippen molar-refractivity contribution >= 4 is 45.3 Å². The van der Waals surface area contributed by atoms with E-state index in [1.807, 2.05) is 22.6 Å². The number of aromatic nitrogens is 4. The second-order valence-corrected chi connectivity index (χ2v) is 6.20.